The van der Waals surface area contributed by atoms with Crippen LogP contribution in [-0.2, 0) is 9.53 Å². The molecule has 4 heteroatoms. The van der Waals surface area contributed by atoms with Gasteiger partial charge in [-0.1, -0.05) is 19.8 Å². The van der Waals surface area contributed by atoms with Crippen LogP contribution in [-0.4, -0.2) is 35.0 Å². The summed E-state index contributed by atoms with van der Waals surface area (Å²) < 4.78 is 5.26. The smallest absolute Gasteiger partial charge is 0.312 e. The van der Waals surface area contributed by atoms with Gasteiger partial charge in [-0.25, -0.2) is 0 Å². The van der Waals surface area contributed by atoms with E-state index in [1.165, 1.54) is 0 Å². The fourth-order valence-corrected chi connectivity index (χ4v) is 3.56. The highest BCUT2D eigenvalue weighted by molar-refractivity contribution is 5.76. The first-order valence-electron chi connectivity index (χ1n) is 6.54. The summed E-state index contributed by atoms with van der Waals surface area (Å²) in [6.07, 6.45) is 4.11. The van der Waals surface area contributed by atoms with Gasteiger partial charge < -0.3 is 14.9 Å². The molecule has 2 fully saturated rings. The lowest BCUT2D eigenvalue weighted by atomic mass is 9.59. The lowest BCUT2D eigenvalue weighted by molar-refractivity contribution is -0.193. The Labute approximate surface area is 102 Å². The molecule has 0 aromatic rings. The molecule has 0 spiro atoms. The van der Waals surface area contributed by atoms with Crippen molar-refractivity contribution in [3.63, 3.8) is 0 Å². The molecule has 2 unspecified atom stereocenters. The zero-order valence-electron chi connectivity index (χ0n) is 10.4. The minimum atomic E-state index is -1.04. The number of carboxylic acid groups (broad SMARTS) is 1. The van der Waals surface area contributed by atoms with Crippen LogP contribution >= 0.6 is 0 Å². The molecule has 98 valence electrons. The fraction of sp³-hybridized carbons (Fsp3) is 0.923. The van der Waals surface area contributed by atoms with E-state index in [4.69, 9.17) is 4.74 Å². The summed E-state index contributed by atoms with van der Waals surface area (Å²) >= 11 is 0. The predicted molar refractivity (Wildman–Crippen MR) is 62.7 cm³/mol. The molecule has 4 nitrogen and oxygen atoms in total. The lowest BCUT2D eigenvalue weighted by Crippen LogP contribution is -2.57. The number of hydrogen-bond donors (Lipinski definition) is 2. The van der Waals surface area contributed by atoms with E-state index in [1.54, 1.807) is 0 Å². The molecule has 2 atom stereocenters. The first-order valence-corrected chi connectivity index (χ1v) is 6.54. The van der Waals surface area contributed by atoms with E-state index in [0.29, 0.717) is 44.8 Å². The average molecular weight is 242 g/mol. The molecule has 2 N–H and O–H groups in total. The minimum absolute atomic E-state index is 0.410. The summed E-state index contributed by atoms with van der Waals surface area (Å²) in [6, 6.07) is 0. The van der Waals surface area contributed by atoms with Crippen LogP contribution in [0.3, 0.4) is 0 Å². The standard InChI is InChI=1S/C13H22O4/c1-10-3-2-4-13(16,9-10)12(11(14)15)5-7-17-8-6-12/h10,16H,2-9H2,1H3,(H,14,15). The fourth-order valence-electron chi connectivity index (χ4n) is 3.56. The third-order valence-corrected chi connectivity index (χ3v) is 4.62. The van der Waals surface area contributed by atoms with Crippen LogP contribution in [0.25, 0.3) is 0 Å². The van der Waals surface area contributed by atoms with Crippen molar-refractivity contribution in [2.24, 2.45) is 11.3 Å². The topological polar surface area (TPSA) is 66.8 Å². The van der Waals surface area contributed by atoms with Crippen LogP contribution in [0.5, 0.6) is 0 Å². The van der Waals surface area contributed by atoms with Gasteiger partial charge in [0.05, 0.1) is 5.60 Å². The molecule has 1 saturated heterocycles. The van der Waals surface area contributed by atoms with Gasteiger partial charge in [0, 0.05) is 13.2 Å². The third kappa shape index (κ3) is 2.08. The third-order valence-electron chi connectivity index (χ3n) is 4.62. The first-order chi connectivity index (χ1) is 8.00. The Morgan fingerprint density at radius 3 is 2.47 bits per heavy atom. The Kier molecular flexibility index (Phi) is 3.46. The van der Waals surface area contributed by atoms with E-state index in [2.05, 4.69) is 6.92 Å². The molecular formula is C13H22O4. The van der Waals surface area contributed by atoms with Crippen molar-refractivity contribution in [3.05, 3.63) is 0 Å². The molecule has 0 aromatic carbocycles. The molecule has 0 aromatic heterocycles. The number of ether oxygens (including phenoxy) is 1. The molecule has 17 heavy (non-hydrogen) atoms. The van der Waals surface area contributed by atoms with Crippen LogP contribution in [0.4, 0.5) is 0 Å². The van der Waals surface area contributed by atoms with Crippen LogP contribution < -0.4 is 0 Å². The second-order valence-corrected chi connectivity index (χ2v) is 5.73. The second kappa shape index (κ2) is 4.58. The summed E-state index contributed by atoms with van der Waals surface area (Å²) in [6.45, 7) is 2.99. The SMILES string of the molecule is CC1CCCC(O)(C2(C(=O)O)CCOCC2)C1. The van der Waals surface area contributed by atoms with Crippen molar-refractivity contribution in [3.8, 4) is 0 Å². The van der Waals surface area contributed by atoms with Crippen molar-refractivity contribution in [1.82, 2.24) is 0 Å². The summed E-state index contributed by atoms with van der Waals surface area (Å²) in [5.41, 5.74) is -2.03. The van der Waals surface area contributed by atoms with E-state index >= 15 is 0 Å². The lowest BCUT2D eigenvalue weighted by Gasteiger charge is -2.49. The van der Waals surface area contributed by atoms with Crippen molar-refractivity contribution < 1.29 is 19.7 Å². The quantitative estimate of drug-likeness (QED) is 0.775. The molecule has 1 heterocycles. The number of hydrogen-bond acceptors (Lipinski definition) is 3. The van der Waals surface area contributed by atoms with E-state index in [1.807, 2.05) is 0 Å². The Morgan fingerprint density at radius 1 is 1.29 bits per heavy atom. The monoisotopic (exact) mass is 242 g/mol. The minimum Gasteiger partial charge on any atom is -0.481 e. The van der Waals surface area contributed by atoms with Gasteiger partial charge in [-0.15, -0.1) is 0 Å². The molecule has 2 rings (SSSR count). The van der Waals surface area contributed by atoms with Crippen molar-refractivity contribution in [2.45, 2.75) is 51.0 Å². The van der Waals surface area contributed by atoms with Crippen LogP contribution in [0.2, 0.25) is 0 Å². The van der Waals surface area contributed by atoms with E-state index in [9.17, 15) is 15.0 Å². The number of aliphatic hydroxyl groups is 1. The van der Waals surface area contributed by atoms with Crippen LogP contribution in [0.1, 0.15) is 45.4 Å². The summed E-state index contributed by atoms with van der Waals surface area (Å²) in [5, 5.41) is 20.4. The molecule has 0 radical (unpaired) electrons. The van der Waals surface area contributed by atoms with Gasteiger partial charge in [0.25, 0.3) is 0 Å². The highest BCUT2D eigenvalue weighted by atomic mass is 16.5. The first kappa shape index (κ1) is 12.8. The predicted octanol–water partition coefficient (Wildman–Crippen LogP) is 1.81. The Morgan fingerprint density at radius 2 is 1.94 bits per heavy atom. The summed E-state index contributed by atoms with van der Waals surface area (Å²) in [5.74, 6) is -0.440. The Hall–Kier alpha value is -0.610. The highest BCUT2D eigenvalue weighted by Crippen LogP contribution is 2.49. The van der Waals surface area contributed by atoms with Crippen molar-refractivity contribution in [1.29, 1.82) is 0 Å². The van der Waals surface area contributed by atoms with Crippen LogP contribution in [0.15, 0.2) is 0 Å². The highest BCUT2D eigenvalue weighted by Gasteiger charge is 2.57. The van der Waals surface area contributed by atoms with Gasteiger partial charge in [-0.3, -0.25) is 4.79 Å². The second-order valence-electron chi connectivity index (χ2n) is 5.73. The van der Waals surface area contributed by atoms with Gasteiger partial charge in [-0.2, -0.15) is 0 Å². The average Bonchev–Trinajstić information content (AvgIpc) is 2.29. The van der Waals surface area contributed by atoms with E-state index < -0.39 is 17.0 Å². The number of carboxylic acids is 1. The van der Waals surface area contributed by atoms with Gasteiger partial charge in [0.2, 0.25) is 0 Å². The molecule has 1 saturated carbocycles. The molecule has 1 aliphatic carbocycles. The number of aliphatic carboxylic acids is 1. The van der Waals surface area contributed by atoms with Crippen LogP contribution in [0, 0.1) is 11.3 Å². The maximum absolute atomic E-state index is 11.7. The Balaban J connectivity index is 2.28. The number of rotatable bonds is 2. The van der Waals surface area contributed by atoms with Gasteiger partial charge in [0.1, 0.15) is 5.41 Å². The van der Waals surface area contributed by atoms with Crippen molar-refractivity contribution >= 4 is 5.97 Å². The summed E-state index contributed by atoms with van der Waals surface area (Å²) in [4.78, 5) is 11.7. The van der Waals surface area contributed by atoms with E-state index in [-0.39, 0.29) is 0 Å². The van der Waals surface area contributed by atoms with Crippen molar-refractivity contribution in [2.75, 3.05) is 13.2 Å². The maximum atomic E-state index is 11.7. The largest absolute Gasteiger partial charge is 0.481 e. The van der Waals surface area contributed by atoms with E-state index in [0.717, 1.165) is 12.8 Å². The van der Waals surface area contributed by atoms with Gasteiger partial charge in [0.15, 0.2) is 0 Å². The zero-order valence-corrected chi connectivity index (χ0v) is 10.4. The molecule has 2 aliphatic rings. The normalized spacial score (nSPS) is 37.6. The Bertz CT molecular complexity index is 296. The molecule has 0 amide bonds. The van der Waals surface area contributed by atoms with Gasteiger partial charge >= 0.3 is 5.97 Å². The molecule has 0 bridgehead atoms. The summed E-state index contributed by atoms with van der Waals surface area (Å²) in [7, 11) is 0. The zero-order chi connectivity index (χ0) is 12.5. The molecular weight excluding hydrogens is 220 g/mol. The number of carbonyl (C=O) groups is 1. The molecule has 1 aliphatic heterocycles. The van der Waals surface area contributed by atoms with Gasteiger partial charge in [-0.05, 0) is 31.6 Å². The maximum Gasteiger partial charge on any atom is 0.312 e.